The van der Waals surface area contributed by atoms with Crippen LogP contribution in [0.2, 0.25) is 0 Å². The van der Waals surface area contributed by atoms with Gasteiger partial charge in [-0.25, -0.2) is 0 Å². The summed E-state index contributed by atoms with van der Waals surface area (Å²) < 4.78 is 0. The van der Waals surface area contributed by atoms with Gasteiger partial charge in [-0.15, -0.1) is 0 Å². The number of rotatable bonds is 9. The molecule has 1 aliphatic heterocycles. The molecule has 0 radical (unpaired) electrons. The van der Waals surface area contributed by atoms with Crippen LogP contribution in [0.1, 0.15) is 55.5 Å². The van der Waals surface area contributed by atoms with E-state index in [1.54, 1.807) is 0 Å². The van der Waals surface area contributed by atoms with Gasteiger partial charge in [0, 0.05) is 39.0 Å². The first-order valence-electron chi connectivity index (χ1n) is 13.0. The first-order chi connectivity index (χ1) is 17.5. The van der Waals surface area contributed by atoms with Crippen LogP contribution in [0, 0.1) is 5.92 Å². The Labute approximate surface area is 215 Å². The van der Waals surface area contributed by atoms with Crippen molar-refractivity contribution in [3.63, 3.8) is 0 Å². The molecule has 1 fully saturated rings. The summed E-state index contributed by atoms with van der Waals surface area (Å²) in [6, 6.07) is 31.2. The third kappa shape index (κ3) is 6.82. The highest BCUT2D eigenvalue weighted by atomic mass is 16.2. The lowest BCUT2D eigenvalue weighted by atomic mass is 9.96. The fraction of sp³-hybridized carbons (Fsp3) is 0.355. The van der Waals surface area contributed by atoms with E-state index in [-0.39, 0.29) is 29.8 Å². The van der Waals surface area contributed by atoms with E-state index in [1.807, 2.05) is 61.2 Å². The number of hydrogen-bond donors (Lipinski definition) is 1. The number of piperazine rings is 1. The van der Waals surface area contributed by atoms with E-state index in [0.29, 0.717) is 25.9 Å². The average Bonchev–Trinajstić information content (AvgIpc) is 2.91. The number of carbonyl (C=O) groups is 2. The van der Waals surface area contributed by atoms with Crippen molar-refractivity contribution in [2.75, 3.05) is 26.2 Å². The van der Waals surface area contributed by atoms with E-state index in [4.69, 9.17) is 0 Å². The van der Waals surface area contributed by atoms with Crippen molar-refractivity contribution >= 4 is 11.8 Å². The number of nitrogens with one attached hydrogen (secondary N) is 1. The van der Waals surface area contributed by atoms with Crippen molar-refractivity contribution in [3.05, 3.63) is 108 Å². The van der Waals surface area contributed by atoms with Crippen molar-refractivity contribution in [2.45, 2.75) is 38.8 Å². The number of benzene rings is 3. The molecule has 3 aromatic rings. The second-order valence-electron chi connectivity index (χ2n) is 9.85. The van der Waals surface area contributed by atoms with Crippen molar-refractivity contribution in [1.82, 2.24) is 15.1 Å². The van der Waals surface area contributed by atoms with Gasteiger partial charge in [0.1, 0.15) is 0 Å². The van der Waals surface area contributed by atoms with E-state index in [0.717, 1.165) is 18.7 Å². The van der Waals surface area contributed by atoms with E-state index in [9.17, 15) is 9.59 Å². The summed E-state index contributed by atoms with van der Waals surface area (Å²) in [5, 5.41) is 3.06. The normalized spacial score (nSPS) is 15.9. The summed E-state index contributed by atoms with van der Waals surface area (Å²) >= 11 is 0. The first-order valence-corrected chi connectivity index (χ1v) is 13.0. The molecule has 2 atom stereocenters. The van der Waals surface area contributed by atoms with Crippen LogP contribution in [0.25, 0.3) is 0 Å². The van der Waals surface area contributed by atoms with Gasteiger partial charge < -0.3 is 10.2 Å². The van der Waals surface area contributed by atoms with E-state index in [1.165, 1.54) is 11.1 Å². The molecule has 5 nitrogen and oxygen atoms in total. The second-order valence-corrected chi connectivity index (χ2v) is 9.85. The fourth-order valence-electron chi connectivity index (χ4n) is 5.06. The quantitative estimate of drug-likeness (QED) is 0.454. The summed E-state index contributed by atoms with van der Waals surface area (Å²) in [7, 11) is 0. The third-order valence-electron chi connectivity index (χ3n) is 7.00. The molecule has 3 aromatic carbocycles. The van der Waals surface area contributed by atoms with Gasteiger partial charge in [0.2, 0.25) is 11.8 Å². The monoisotopic (exact) mass is 483 g/mol. The molecule has 0 aliphatic carbocycles. The maximum atomic E-state index is 13.0. The summed E-state index contributed by atoms with van der Waals surface area (Å²) in [5.74, 6) is 0.131. The van der Waals surface area contributed by atoms with Crippen molar-refractivity contribution in [1.29, 1.82) is 0 Å². The molecule has 1 saturated heterocycles. The largest absolute Gasteiger partial charge is 0.350 e. The molecule has 36 heavy (non-hydrogen) atoms. The predicted molar refractivity (Wildman–Crippen MR) is 144 cm³/mol. The highest BCUT2D eigenvalue weighted by molar-refractivity contribution is 5.79. The maximum absolute atomic E-state index is 13.0. The molecule has 0 bridgehead atoms. The Morgan fingerprint density at radius 1 is 0.694 bits per heavy atom. The van der Waals surface area contributed by atoms with E-state index >= 15 is 0 Å². The van der Waals surface area contributed by atoms with Gasteiger partial charge in [0.05, 0.1) is 12.1 Å². The molecule has 1 aliphatic rings. The van der Waals surface area contributed by atoms with Gasteiger partial charge in [0.25, 0.3) is 0 Å². The van der Waals surface area contributed by atoms with Crippen LogP contribution in [0.15, 0.2) is 91.0 Å². The minimum atomic E-state index is -0.0446. The predicted octanol–water partition coefficient (Wildman–Crippen LogP) is 5.21. The molecule has 1 heterocycles. The Kier molecular flexibility index (Phi) is 8.90. The van der Waals surface area contributed by atoms with Gasteiger partial charge in [-0.1, -0.05) is 97.9 Å². The molecule has 2 amide bonds. The zero-order valence-corrected chi connectivity index (χ0v) is 21.3. The minimum Gasteiger partial charge on any atom is -0.350 e. The molecule has 0 saturated carbocycles. The van der Waals surface area contributed by atoms with Crippen LogP contribution >= 0.6 is 0 Å². The minimum absolute atomic E-state index is 0.000103. The zero-order valence-electron chi connectivity index (χ0n) is 21.3. The summed E-state index contributed by atoms with van der Waals surface area (Å²) in [6.07, 6.45) is 0.751. The highest BCUT2D eigenvalue weighted by Gasteiger charge is 2.28. The van der Waals surface area contributed by atoms with Crippen LogP contribution in [-0.2, 0) is 9.59 Å². The number of nitrogens with zero attached hydrogens (tertiary/aromatic N) is 2. The Hall–Kier alpha value is -3.44. The van der Waals surface area contributed by atoms with Crippen LogP contribution in [0.4, 0.5) is 0 Å². The van der Waals surface area contributed by atoms with Crippen molar-refractivity contribution in [2.24, 2.45) is 5.92 Å². The fourth-order valence-corrected chi connectivity index (χ4v) is 5.06. The van der Waals surface area contributed by atoms with Gasteiger partial charge in [-0.3, -0.25) is 14.5 Å². The van der Waals surface area contributed by atoms with E-state index in [2.05, 4.69) is 58.7 Å². The molecule has 0 aromatic heterocycles. The van der Waals surface area contributed by atoms with Crippen molar-refractivity contribution in [3.8, 4) is 0 Å². The zero-order chi connectivity index (χ0) is 25.3. The van der Waals surface area contributed by atoms with Gasteiger partial charge in [-0.2, -0.15) is 0 Å². The second kappa shape index (κ2) is 12.5. The van der Waals surface area contributed by atoms with Crippen LogP contribution in [0.3, 0.4) is 0 Å². The van der Waals surface area contributed by atoms with Crippen molar-refractivity contribution < 1.29 is 9.59 Å². The van der Waals surface area contributed by atoms with Crippen LogP contribution in [-0.4, -0.2) is 47.8 Å². The lowest BCUT2D eigenvalue weighted by molar-refractivity contribution is -0.134. The van der Waals surface area contributed by atoms with E-state index < -0.39 is 0 Å². The molecular formula is C31H37N3O2. The SMILES string of the molecule is CC(CC(=O)NC(C)c1ccccc1)CC(=O)N1CCN(C(c2ccccc2)c2ccccc2)CC1. The lowest BCUT2D eigenvalue weighted by Crippen LogP contribution is -2.50. The Morgan fingerprint density at radius 3 is 1.67 bits per heavy atom. The highest BCUT2D eigenvalue weighted by Crippen LogP contribution is 2.29. The summed E-state index contributed by atoms with van der Waals surface area (Å²) in [6.45, 7) is 7.04. The molecular weight excluding hydrogens is 446 g/mol. The van der Waals surface area contributed by atoms with Crippen LogP contribution in [0.5, 0.6) is 0 Å². The molecule has 0 spiro atoms. The molecule has 5 heteroatoms. The Bertz CT molecular complexity index is 1060. The Balaban J connectivity index is 1.28. The molecule has 4 rings (SSSR count). The average molecular weight is 484 g/mol. The lowest BCUT2D eigenvalue weighted by Gasteiger charge is -2.40. The van der Waals surface area contributed by atoms with Gasteiger partial charge in [-0.05, 0) is 29.5 Å². The summed E-state index contributed by atoms with van der Waals surface area (Å²) in [5.41, 5.74) is 3.62. The smallest absolute Gasteiger partial charge is 0.222 e. The number of carbonyl (C=O) groups excluding carboxylic acids is 2. The van der Waals surface area contributed by atoms with Gasteiger partial charge >= 0.3 is 0 Å². The number of amides is 2. The maximum Gasteiger partial charge on any atom is 0.222 e. The molecule has 1 N–H and O–H groups in total. The molecule has 188 valence electrons. The third-order valence-corrected chi connectivity index (χ3v) is 7.00. The standard InChI is InChI=1S/C31H37N3O2/c1-24(22-29(35)32-25(2)26-12-6-3-7-13-26)23-30(36)33-18-20-34(21-19-33)31(27-14-8-4-9-15-27)28-16-10-5-11-17-28/h3-17,24-25,31H,18-23H2,1-2H3,(H,32,35). The molecule has 2 unspecified atom stereocenters. The Morgan fingerprint density at radius 2 is 1.17 bits per heavy atom. The first kappa shape index (κ1) is 25.6. The summed E-state index contributed by atoms with van der Waals surface area (Å²) in [4.78, 5) is 30.0. The number of hydrogen-bond acceptors (Lipinski definition) is 3. The topological polar surface area (TPSA) is 52.7 Å². The van der Waals surface area contributed by atoms with Crippen LogP contribution < -0.4 is 5.32 Å². The van der Waals surface area contributed by atoms with Gasteiger partial charge in [0.15, 0.2) is 0 Å².